The van der Waals surface area contributed by atoms with Crippen LogP contribution in [0.5, 0.6) is 0 Å². The molecule has 1 saturated carbocycles. The molecular formula is C16H10ClF3N4O. The summed E-state index contributed by atoms with van der Waals surface area (Å²) >= 11 is 5.59. The van der Waals surface area contributed by atoms with Crippen LogP contribution in [-0.2, 0) is 0 Å². The van der Waals surface area contributed by atoms with Crippen molar-refractivity contribution in [1.29, 1.82) is 0 Å². The van der Waals surface area contributed by atoms with Crippen LogP contribution in [0.25, 0.3) is 16.8 Å². The monoisotopic (exact) mass is 366 g/mol. The summed E-state index contributed by atoms with van der Waals surface area (Å²) in [6.07, 6.45) is 3.59. The molecule has 1 fully saturated rings. The van der Waals surface area contributed by atoms with Gasteiger partial charge in [-0.2, -0.15) is 5.10 Å². The van der Waals surface area contributed by atoms with Crippen LogP contribution >= 0.6 is 11.6 Å². The van der Waals surface area contributed by atoms with Crippen molar-refractivity contribution in [1.82, 2.24) is 19.9 Å². The van der Waals surface area contributed by atoms with Gasteiger partial charge in [0.1, 0.15) is 0 Å². The summed E-state index contributed by atoms with van der Waals surface area (Å²) in [4.78, 5) is 16.3. The molecule has 1 aliphatic carbocycles. The first-order valence-electron chi connectivity index (χ1n) is 7.44. The number of fused-ring (bicyclic) bond motifs is 1. The zero-order valence-electron chi connectivity index (χ0n) is 12.6. The topological polar surface area (TPSA) is 59.3 Å². The quantitative estimate of drug-likeness (QED) is 0.723. The van der Waals surface area contributed by atoms with E-state index in [4.69, 9.17) is 11.6 Å². The Morgan fingerprint density at radius 2 is 2.00 bits per heavy atom. The number of benzene rings is 1. The van der Waals surface area contributed by atoms with Gasteiger partial charge in [0, 0.05) is 11.6 Å². The molecule has 0 saturated heterocycles. The van der Waals surface area contributed by atoms with Gasteiger partial charge in [-0.1, -0.05) is 11.6 Å². The SMILES string of the molecule is O=C(NC1CC1)c1nn2cc(F)cnc2c1-c1ccc(Cl)c(F)c1F. The maximum Gasteiger partial charge on any atom is 0.272 e. The standard InChI is InChI=1S/C16H10ClF3N4O/c17-10-4-3-9(12(19)13(10)20)11-14(16(25)22-8-1-2-8)23-24-6-7(18)5-21-15(11)24/h3-6,8H,1-2H2,(H,22,25). The van der Waals surface area contributed by atoms with Crippen molar-refractivity contribution in [3.05, 3.63) is 52.7 Å². The lowest BCUT2D eigenvalue weighted by molar-refractivity contribution is 0.0946. The molecule has 128 valence electrons. The average Bonchev–Trinajstić information content (AvgIpc) is 3.31. The molecule has 0 atom stereocenters. The van der Waals surface area contributed by atoms with E-state index in [0.717, 1.165) is 29.8 Å². The molecule has 0 bridgehead atoms. The Balaban J connectivity index is 1.97. The summed E-state index contributed by atoms with van der Waals surface area (Å²) in [5, 5.41) is 6.34. The van der Waals surface area contributed by atoms with Gasteiger partial charge in [0.2, 0.25) is 0 Å². The number of rotatable bonds is 3. The van der Waals surface area contributed by atoms with Crippen LogP contribution in [0, 0.1) is 17.5 Å². The van der Waals surface area contributed by atoms with Crippen molar-refractivity contribution in [2.45, 2.75) is 18.9 Å². The fourth-order valence-electron chi connectivity index (χ4n) is 2.52. The number of nitrogens with one attached hydrogen (secondary N) is 1. The van der Waals surface area contributed by atoms with E-state index in [9.17, 15) is 18.0 Å². The molecule has 5 nitrogen and oxygen atoms in total. The van der Waals surface area contributed by atoms with Crippen molar-refractivity contribution >= 4 is 23.2 Å². The molecular weight excluding hydrogens is 357 g/mol. The van der Waals surface area contributed by atoms with Crippen LogP contribution in [0.1, 0.15) is 23.3 Å². The molecule has 9 heteroatoms. The average molecular weight is 367 g/mol. The van der Waals surface area contributed by atoms with Gasteiger partial charge in [-0.25, -0.2) is 22.7 Å². The molecule has 0 radical (unpaired) electrons. The van der Waals surface area contributed by atoms with Gasteiger partial charge in [-0.3, -0.25) is 4.79 Å². The highest BCUT2D eigenvalue weighted by atomic mass is 35.5. The number of halogens is 4. The van der Waals surface area contributed by atoms with Gasteiger partial charge in [-0.15, -0.1) is 0 Å². The van der Waals surface area contributed by atoms with E-state index in [-0.39, 0.29) is 33.5 Å². The number of nitrogens with zero attached hydrogens (tertiary/aromatic N) is 3. The minimum Gasteiger partial charge on any atom is -0.348 e. The molecule has 0 unspecified atom stereocenters. The number of hydrogen-bond acceptors (Lipinski definition) is 3. The Kier molecular flexibility index (Phi) is 3.64. The minimum absolute atomic E-state index is 0.0220. The molecule has 25 heavy (non-hydrogen) atoms. The fourth-order valence-corrected chi connectivity index (χ4v) is 2.67. The van der Waals surface area contributed by atoms with Crippen LogP contribution in [-0.4, -0.2) is 26.5 Å². The normalized spacial score (nSPS) is 14.1. The van der Waals surface area contributed by atoms with E-state index in [1.165, 1.54) is 12.1 Å². The molecule has 4 rings (SSSR count). The van der Waals surface area contributed by atoms with Crippen LogP contribution in [0.4, 0.5) is 13.2 Å². The van der Waals surface area contributed by atoms with Gasteiger partial charge < -0.3 is 5.32 Å². The third kappa shape index (κ3) is 2.72. The van der Waals surface area contributed by atoms with E-state index in [1.54, 1.807) is 0 Å². The molecule has 1 amide bonds. The van der Waals surface area contributed by atoms with Crippen molar-refractivity contribution < 1.29 is 18.0 Å². The fraction of sp³-hybridized carbons (Fsp3) is 0.188. The summed E-state index contributed by atoms with van der Waals surface area (Å²) in [5.74, 6) is -3.71. The van der Waals surface area contributed by atoms with Crippen LogP contribution in [0.15, 0.2) is 24.5 Å². The molecule has 2 heterocycles. The van der Waals surface area contributed by atoms with Crippen molar-refractivity contribution in [3.8, 4) is 11.1 Å². The van der Waals surface area contributed by atoms with Gasteiger partial charge in [0.05, 0.1) is 23.0 Å². The predicted molar refractivity (Wildman–Crippen MR) is 83.8 cm³/mol. The van der Waals surface area contributed by atoms with Gasteiger partial charge in [-0.05, 0) is 25.0 Å². The summed E-state index contributed by atoms with van der Waals surface area (Å²) in [6, 6.07) is 2.43. The number of hydrogen-bond donors (Lipinski definition) is 1. The van der Waals surface area contributed by atoms with E-state index < -0.39 is 23.4 Å². The minimum atomic E-state index is -1.24. The first-order valence-corrected chi connectivity index (χ1v) is 7.82. The summed E-state index contributed by atoms with van der Waals surface area (Å²) in [7, 11) is 0. The second-order valence-electron chi connectivity index (χ2n) is 5.73. The zero-order valence-corrected chi connectivity index (χ0v) is 13.3. The summed E-state index contributed by atoms with van der Waals surface area (Å²) in [6.45, 7) is 0. The third-order valence-corrected chi connectivity index (χ3v) is 4.17. The first kappa shape index (κ1) is 15.9. The molecule has 3 aromatic rings. The van der Waals surface area contributed by atoms with E-state index in [1.807, 2.05) is 0 Å². The first-order chi connectivity index (χ1) is 12.0. The predicted octanol–water partition coefficient (Wildman–Crippen LogP) is 3.36. The Bertz CT molecular complexity index is 1020. The van der Waals surface area contributed by atoms with Crippen molar-refractivity contribution in [3.63, 3.8) is 0 Å². The largest absolute Gasteiger partial charge is 0.348 e. The van der Waals surface area contributed by atoms with Crippen LogP contribution in [0.3, 0.4) is 0 Å². The van der Waals surface area contributed by atoms with E-state index in [0.29, 0.717) is 0 Å². The maximum absolute atomic E-state index is 14.4. The highest BCUT2D eigenvalue weighted by Gasteiger charge is 2.30. The zero-order chi connectivity index (χ0) is 17.7. The second-order valence-corrected chi connectivity index (χ2v) is 6.14. The van der Waals surface area contributed by atoms with Crippen LogP contribution < -0.4 is 5.32 Å². The summed E-state index contributed by atoms with van der Waals surface area (Å²) < 4.78 is 42.8. The number of carbonyl (C=O) groups is 1. The smallest absolute Gasteiger partial charge is 0.272 e. The molecule has 1 aromatic carbocycles. The van der Waals surface area contributed by atoms with Gasteiger partial charge >= 0.3 is 0 Å². The van der Waals surface area contributed by atoms with Crippen molar-refractivity contribution in [2.75, 3.05) is 0 Å². The number of aromatic nitrogens is 3. The van der Waals surface area contributed by atoms with E-state index >= 15 is 0 Å². The maximum atomic E-state index is 14.4. The lowest BCUT2D eigenvalue weighted by Crippen LogP contribution is -2.26. The van der Waals surface area contributed by atoms with Gasteiger partial charge in [0.25, 0.3) is 5.91 Å². The Labute approximate surface area is 144 Å². The van der Waals surface area contributed by atoms with Gasteiger partial charge in [0.15, 0.2) is 28.8 Å². The number of amides is 1. The Morgan fingerprint density at radius 1 is 1.24 bits per heavy atom. The number of carbonyl (C=O) groups excluding carboxylic acids is 1. The highest BCUT2D eigenvalue weighted by molar-refractivity contribution is 6.30. The summed E-state index contributed by atoms with van der Waals surface area (Å²) in [5.41, 5.74) is -0.378. The van der Waals surface area contributed by atoms with Crippen molar-refractivity contribution in [2.24, 2.45) is 0 Å². The highest BCUT2D eigenvalue weighted by Crippen LogP contribution is 2.33. The lowest BCUT2D eigenvalue weighted by atomic mass is 10.0. The second kappa shape index (κ2) is 5.73. The lowest BCUT2D eigenvalue weighted by Gasteiger charge is -2.06. The third-order valence-electron chi connectivity index (χ3n) is 3.87. The Hall–Kier alpha value is -2.61. The molecule has 2 aromatic heterocycles. The molecule has 1 aliphatic rings. The van der Waals surface area contributed by atoms with Crippen LogP contribution in [0.2, 0.25) is 5.02 Å². The molecule has 1 N–H and O–H groups in total. The van der Waals surface area contributed by atoms with E-state index in [2.05, 4.69) is 15.4 Å². The molecule has 0 spiro atoms. The molecule has 0 aliphatic heterocycles. The Morgan fingerprint density at radius 3 is 2.72 bits per heavy atom.